The van der Waals surface area contributed by atoms with Gasteiger partial charge in [-0.2, -0.15) is 0 Å². The molecule has 3 atom stereocenters. The number of benzene rings is 3. The van der Waals surface area contributed by atoms with Gasteiger partial charge in [0.1, 0.15) is 11.9 Å². The number of hydrogen-bond donors (Lipinski definition) is 1. The number of ether oxygens (including phenoxy) is 1. The second-order valence-corrected chi connectivity index (χ2v) is 7.11. The van der Waals surface area contributed by atoms with Crippen molar-refractivity contribution in [1.82, 2.24) is 0 Å². The summed E-state index contributed by atoms with van der Waals surface area (Å²) in [5.41, 5.74) is 1.92. The zero-order valence-corrected chi connectivity index (χ0v) is 16.8. The second kappa shape index (κ2) is 8.89. The van der Waals surface area contributed by atoms with Crippen LogP contribution in [0.2, 0.25) is 0 Å². The van der Waals surface area contributed by atoms with Crippen molar-refractivity contribution in [3.8, 4) is 5.75 Å². The molecule has 3 aromatic carbocycles. The van der Waals surface area contributed by atoms with Crippen LogP contribution in [0.15, 0.2) is 84.9 Å². The van der Waals surface area contributed by atoms with Crippen molar-refractivity contribution < 1.29 is 24.3 Å². The topological polar surface area (TPSA) is 90.9 Å². The number of carboxylic acid groups (broad SMARTS) is 1. The van der Waals surface area contributed by atoms with E-state index >= 15 is 0 Å². The molecule has 4 rings (SSSR count). The number of methoxy groups -OCH3 is 1. The third kappa shape index (κ3) is 4.22. The van der Waals surface area contributed by atoms with Crippen LogP contribution in [0.25, 0.3) is 0 Å². The van der Waals surface area contributed by atoms with E-state index in [1.54, 1.807) is 43.5 Å². The Kier molecular flexibility index (Phi) is 5.86. The Hall–Kier alpha value is -3.84. The predicted molar refractivity (Wildman–Crippen MR) is 113 cm³/mol. The molecular weight excluding hydrogens is 396 g/mol. The molecule has 0 unspecified atom stereocenters. The van der Waals surface area contributed by atoms with Crippen LogP contribution < -0.4 is 20.2 Å². The van der Waals surface area contributed by atoms with E-state index in [0.717, 1.165) is 5.56 Å². The zero-order chi connectivity index (χ0) is 21.8. The molecule has 0 bridgehead atoms. The van der Waals surface area contributed by atoms with Gasteiger partial charge in [0.2, 0.25) is 5.91 Å². The van der Waals surface area contributed by atoms with E-state index in [1.165, 1.54) is 5.06 Å². The number of carbonyl (C=O) groups excluding carboxylic acids is 2. The molecule has 1 N–H and O–H groups in total. The van der Waals surface area contributed by atoms with Crippen molar-refractivity contribution in [2.24, 2.45) is 5.92 Å². The van der Waals surface area contributed by atoms with Gasteiger partial charge in [-0.3, -0.25) is 9.63 Å². The van der Waals surface area contributed by atoms with Gasteiger partial charge in [0.25, 0.3) is 0 Å². The van der Waals surface area contributed by atoms with Crippen molar-refractivity contribution >= 4 is 23.3 Å². The summed E-state index contributed by atoms with van der Waals surface area (Å²) in [4.78, 5) is 31.0. The fourth-order valence-corrected chi connectivity index (χ4v) is 3.72. The normalized spacial score (nSPS) is 20.3. The minimum absolute atomic E-state index is 0.480. The first-order chi connectivity index (χ1) is 15.1. The average molecular weight is 417 g/mol. The minimum atomic E-state index is -1.45. The van der Waals surface area contributed by atoms with E-state index in [2.05, 4.69) is 5.32 Å². The second-order valence-electron chi connectivity index (χ2n) is 7.11. The summed E-state index contributed by atoms with van der Waals surface area (Å²) in [6.07, 6.45) is -1.45. The highest BCUT2D eigenvalue weighted by atomic mass is 16.7. The lowest BCUT2D eigenvalue weighted by molar-refractivity contribution is -0.316. The summed E-state index contributed by atoms with van der Waals surface area (Å²) in [7, 11) is 1.55. The van der Waals surface area contributed by atoms with Crippen molar-refractivity contribution in [1.29, 1.82) is 0 Å². The molecule has 0 radical (unpaired) electrons. The maximum Gasteiger partial charge on any atom is 0.233 e. The number of aliphatic carboxylic acids is 1. The molecule has 158 valence electrons. The summed E-state index contributed by atoms with van der Waals surface area (Å²) < 4.78 is 5.14. The molecule has 1 aliphatic rings. The van der Waals surface area contributed by atoms with E-state index in [0.29, 0.717) is 17.1 Å². The Labute approximate surface area is 179 Å². The Balaban J connectivity index is 1.72. The van der Waals surface area contributed by atoms with Gasteiger partial charge < -0.3 is 20.0 Å². The molecule has 1 amide bonds. The molecule has 1 heterocycles. The van der Waals surface area contributed by atoms with Gasteiger partial charge in [0.05, 0.1) is 30.7 Å². The van der Waals surface area contributed by atoms with E-state index in [1.807, 2.05) is 48.5 Å². The number of rotatable bonds is 6. The third-order valence-electron chi connectivity index (χ3n) is 5.19. The van der Waals surface area contributed by atoms with E-state index in [-0.39, 0.29) is 0 Å². The number of nitrogens with one attached hydrogen (secondary N) is 1. The molecule has 31 heavy (non-hydrogen) atoms. The number of para-hydroxylation sites is 1. The quantitative estimate of drug-likeness (QED) is 0.663. The standard InChI is InChI=1S/C24H22N2O5/c1-30-19-14-12-17(13-15-19)25-23(27)20-21(16-8-4-2-5-9-16)26(31-22(20)24(28)29)18-10-6-3-7-11-18/h2-15,20-22H,1H3,(H,25,27)(H,28,29)/p-1/t20-,21-,22-/m0/s1. The highest BCUT2D eigenvalue weighted by Crippen LogP contribution is 2.42. The van der Waals surface area contributed by atoms with Gasteiger partial charge in [-0.25, -0.2) is 5.06 Å². The predicted octanol–water partition coefficient (Wildman–Crippen LogP) is 2.56. The number of anilines is 2. The number of hydrogen-bond acceptors (Lipinski definition) is 6. The molecule has 7 nitrogen and oxygen atoms in total. The van der Waals surface area contributed by atoms with Gasteiger partial charge in [0.15, 0.2) is 0 Å². The van der Waals surface area contributed by atoms with Crippen LogP contribution in [-0.4, -0.2) is 25.1 Å². The Bertz CT molecular complexity index is 1040. The number of amides is 1. The zero-order valence-electron chi connectivity index (χ0n) is 16.8. The third-order valence-corrected chi connectivity index (χ3v) is 5.19. The van der Waals surface area contributed by atoms with Gasteiger partial charge in [-0.05, 0) is 42.0 Å². The van der Waals surface area contributed by atoms with Crippen molar-refractivity contribution in [3.05, 3.63) is 90.5 Å². The summed E-state index contributed by atoms with van der Waals surface area (Å²) in [6.45, 7) is 0. The number of carbonyl (C=O) groups is 2. The Morgan fingerprint density at radius 1 is 0.935 bits per heavy atom. The smallest absolute Gasteiger partial charge is 0.233 e. The van der Waals surface area contributed by atoms with Crippen molar-refractivity contribution in [2.75, 3.05) is 17.5 Å². The Morgan fingerprint density at radius 2 is 1.55 bits per heavy atom. The average Bonchev–Trinajstić information content (AvgIpc) is 3.22. The van der Waals surface area contributed by atoms with Crippen LogP contribution in [0.5, 0.6) is 5.75 Å². The highest BCUT2D eigenvalue weighted by Gasteiger charge is 2.49. The summed E-state index contributed by atoms with van der Waals surface area (Å²) in [6, 6.07) is 24.4. The molecule has 0 spiro atoms. The molecule has 3 aromatic rings. The fourth-order valence-electron chi connectivity index (χ4n) is 3.72. The van der Waals surface area contributed by atoms with Crippen LogP contribution in [0.4, 0.5) is 11.4 Å². The number of nitrogens with zero attached hydrogens (tertiary/aromatic N) is 1. The molecule has 0 aliphatic carbocycles. The van der Waals surface area contributed by atoms with Gasteiger partial charge in [-0.15, -0.1) is 0 Å². The first-order valence-electron chi connectivity index (χ1n) is 9.80. The van der Waals surface area contributed by atoms with E-state index in [4.69, 9.17) is 9.57 Å². The highest BCUT2D eigenvalue weighted by molar-refractivity contribution is 5.97. The molecule has 0 saturated carbocycles. The van der Waals surface area contributed by atoms with E-state index in [9.17, 15) is 14.7 Å². The SMILES string of the molecule is COc1ccc(NC(=O)[C@@H]2[C@@H](C(=O)[O-])ON(c3ccccc3)[C@H]2c2ccccc2)cc1. The van der Waals surface area contributed by atoms with Crippen LogP contribution in [0.3, 0.4) is 0 Å². The fraction of sp³-hybridized carbons (Fsp3) is 0.167. The largest absolute Gasteiger partial charge is 0.547 e. The van der Waals surface area contributed by atoms with Crippen LogP contribution in [-0.2, 0) is 14.4 Å². The summed E-state index contributed by atoms with van der Waals surface area (Å²) in [5.74, 6) is -2.33. The first kappa shape index (κ1) is 20.4. The molecule has 1 fully saturated rings. The lowest BCUT2D eigenvalue weighted by atomic mass is 9.88. The van der Waals surface area contributed by atoms with E-state index < -0.39 is 29.9 Å². The summed E-state index contributed by atoms with van der Waals surface area (Å²) in [5, 5.41) is 16.2. The van der Waals surface area contributed by atoms with Gasteiger partial charge in [-0.1, -0.05) is 48.5 Å². The molecule has 1 saturated heterocycles. The minimum Gasteiger partial charge on any atom is -0.547 e. The maximum atomic E-state index is 13.3. The monoisotopic (exact) mass is 417 g/mol. The number of hydroxylamine groups is 1. The van der Waals surface area contributed by atoms with Gasteiger partial charge in [0, 0.05) is 5.69 Å². The summed E-state index contributed by atoms with van der Waals surface area (Å²) >= 11 is 0. The van der Waals surface area contributed by atoms with Crippen LogP contribution in [0.1, 0.15) is 11.6 Å². The molecular formula is C24H21N2O5-. The Morgan fingerprint density at radius 3 is 2.13 bits per heavy atom. The lowest BCUT2D eigenvalue weighted by Gasteiger charge is -2.27. The molecule has 0 aromatic heterocycles. The number of carboxylic acids is 1. The maximum absolute atomic E-state index is 13.3. The van der Waals surface area contributed by atoms with Crippen LogP contribution >= 0.6 is 0 Å². The van der Waals surface area contributed by atoms with Crippen molar-refractivity contribution in [2.45, 2.75) is 12.1 Å². The van der Waals surface area contributed by atoms with Crippen molar-refractivity contribution in [3.63, 3.8) is 0 Å². The molecule has 1 aliphatic heterocycles. The van der Waals surface area contributed by atoms with Gasteiger partial charge >= 0.3 is 0 Å². The first-order valence-corrected chi connectivity index (χ1v) is 9.80. The van der Waals surface area contributed by atoms with Crippen LogP contribution in [0, 0.1) is 5.92 Å². The molecule has 7 heteroatoms. The lowest BCUT2D eigenvalue weighted by Crippen LogP contribution is -2.44.